The van der Waals surface area contributed by atoms with E-state index in [-0.39, 0.29) is 24.0 Å². The van der Waals surface area contributed by atoms with Crippen LogP contribution in [-0.4, -0.2) is 45.2 Å². The zero-order valence-electron chi connectivity index (χ0n) is 19.7. The van der Waals surface area contributed by atoms with Crippen molar-refractivity contribution in [1.82, 2.24) is 15.5 Å². The van der Waals surface area contributed by atoms with Gasteiger partial charge in [0.15, 0.2) is 5.96 Å². The van der Waals surface area contributed by atoms with E-state index in [9.17, 15) is 0 Å². The molecule has 0 saturated heterocycles. The fraction of sp³-hybridized carbons (Fsp3) is 0.560. The molecule has 2 aromatic rings. The lowest BCUT2D eigenvalue weighted by atomic mass is 9.83. The average Bonchev–Trinajstić information content (AvgIpc) is 3.46. The summed E-state index contributed by atoms with van der Waals surface area (Å²) < 4.78 is 10.8. The van der Waals surface area contributed by atoms with Gasteiger partial charge in [-0.3, -0.25) is 9.89 Å². The number of benzene rings is 1. The molecule has 0 radical (unpaired) electrons. The molecule has 0 aliphatic heterocycles. The van der Waals surface area contributed by atoms with E-state index in [2.05, 4.69) is 51.8 Å². The first-order chi connectivity index (χ1) is 15.1. The van der Waals surface area contributed by atoms with E-state index in [0.29, 0.717) is 5.41 Å². The molecule has 6 nitrogen and oxygen atoms in total. The summed E-state index contributed by atoms with van der Waals surface area (Å²) in [5.74, 6) is 1.85. The summed E-state index contributed by atoms with van der Waals surface area (Å²) in [5, 5.41) is 7.09. The number of aliphatic imine (C=N–C) groups is 1. The van der Waals surface area contributed by atoms with Gasteiger partial charge in [-0.25, -0.2) is 0 Å². The van der Waals surface area contributed by atoms with Crippen molar-refractivity contribution >= 4 is 29.9 Å². The molecule has 0 spiro atoms. The second kappa shape index (κ2) is 13.9. The van der Waals surface area contributed by atoms with E-state index < -0.39 is 0 Å². The number of guanidine groups is 1. The van der Waals surface area contributed by atoms with Crippen molar-refractivity contribution in [2.24, 2.45) is 10.4 Å². The van der Waals surface area contributed by atoms with Gasteiger partial charge < -0.3 is 19.8 Å². The Kier molecular flexibility index (Phi) is 11.5. The van der Waals surface area contributed by atoms with E-state index in [0.717, 1.165) is 50.9 Å². The van der Waals surface area contributed by atoms with Gasteiger partial charge in [-0.05, 0) is 55.0 Å². The predicted molar refractivity (Wildman–Crippen MR) is 141 cm³/mol. The highest BCUT2D eigenvalue weighted by Crippen LogP contribution is 2.40. The second-order valence-corrected chi connectivity index (χ2v) is 8.75. The number of furan rings is 1. The summed E-state index contributed by atoms with van der Waals surface area (Å²) in [6, 6.07) is 12.5. The van der Waals surface area contributed by atoms with Crippen LogP contribution in [0, 0.1) is 5.41 Å². The highest BCUT2D eigenvalue weighted by Gasteiger charge is 2.33. The summed E-state index contributed by atoms with van der Waals surface area (Å²) in [4.78, 5) is 6.72. The van der Waals surface area contributed by atoms with E-state index in [1.54, 1.807) is 13.4 Å². The summed E-state index contributed by atoms with van der Waals surface area (Å²) in [7, 11) is 5.75. The van der Waals surface area contributed by atoms with Crippen LogP contribution in [0.3, 0.4) is 0 Å². The molecular weight excluding hydrogens is 515 g/mol. The molecule has 1 aliphatic carbocycles. The quantitative estimate of drug-likeness (QED) is 0.238. The van der Waals surface area contributed by atoms with E-state index in [4.69, 9.17) is 9.15 Å². The van der Waals surface area contributed by atoms with Gasteiger partial charge in [0.2, 0.25) is 0 Å². The number of halogens is 1. The molecule has 0 bridgehead atoms. The number of rotatable bonds is 11. The fourth-order valence-electron chi connectivity index (χ4n) is 4.53. The standard InChI is InChI=1S/C25H38N4O2.HI/c1-26-24(28-20-25(14-16-30-3)12-6-7-13-25)27-17-21-9-4-5-10-22(21)18-29(2)19-23-11-8-15-31-23;/h4-5,8-11,15H,6-7,12-14,16-20H2,1-3H3,(H2,26,27,28);1H. The highest BCUT2D eigenvalue weighted by atomic mass is 127. The maximum Gasteiger partial charge on any atom is 0.191 e. The fourth-order valence-corrected chi connectivity index (χ4v) is 4.53. The van der Waals surface area contributed by atoms with E-state index in [1.807, 2.05) is 19.2 Å². The summed E-state index contributed by atoms with van der Waals surface area (Å²) in [6.07, 6.45) is 8.01. The van der Waals surface area contributed by atoms with E-state index in [1.165, 1.54) is 36.8 Å². The van der Waals surface area contributed by atoms with Crippen LogP contribution >= 0.6 is 24.0 Å². The number of ether oxygens (including phenoxy) is 1. The average molecular weight is 555 g/mol. The Morgan fingerprint density at radius 1 is 1.09 bits per heavy atom. The van der Waals surface area contributed by atoms with Gasteiger partial charge in [0.25, 0.3) is 0 Å². The first kappa shape index (κ1) is 26.7. The molecule has 1 saturated carbocycles. The zero-order valence-corrected chi connectivity index (χ0v) is 22.1. The van der Waals surface area contributed by atoms with Gasteiger partial charge in [0.1, 0.15) is 5.76 Å². The number of hydrogen-bond donors (Lipinski definition) is 2. The minimum Gasteiger partial charge on any atom is -0.468 e. The van der Waals surface area contributed by atoms with Crippen molar-refractivity contribution in [3.63, 3.8) is 0 Å². The van der Waals surface area contributed by atoms with Crippen LogP contribution in [-0.2, 0) is 24.4 Å². The Labute approximate surface area is 210 Å². The van der Waals surface area contributed by atoms with E-state index >= 15 is 0 Å². The van der Waals surface area contributed by atoms with Crippen LogP contribution in [0.25, 0.3) is 0 Å². The smallest absolute Gasteiger partial charge is 0.191 e. The maximum atomic E-state index is 5.48. The minimum atomic E-state index is 0. The van der Waals surface area contributed by atoms with Crippen molar-refractivity contribution in [2.75, 3.05) is 34.4 Å². The molecule has 0 unspecified atom stereocenters. The molecule has 0 amide bonds. The zero-order chi connectivity index (χ0) is 21.9. The third-order valence-electron chi connectivity index (χ3n) is 6.37. The number of methoxy groups -OCH3 is 1. The molecule has 1 aromatic carbocycles. The summed E-state index contributed by atoms with van der Waals surface area (Å²) >= 11 is 0. The highest BCUT2D eigenvalue weighted by molar-refractivity contribution is 14.0. The Morgan fingerprint density at radius 2 is 1.84 bits per heavy atom. The largest absolute Gasteiger partial charge is 0.468 e. The van der Waals surface area contributed by atoms with Crippen molar-refractivity contribution in [1.29, 1.82) is 0 Å². The van der Waals surface area contributed by atoms with Crippen LogP contribution in [0.4, 0.5) is 0 Å². The molecule has 1 fully saturated rings. The van der Waals surface area contributed by atoms with Gasteiger partial charge in [-0.15, -0.1) is 24.0 Å². The molecule has 7 heteroatoms. The van der Waals surface area contributed by atoms with Gasteiger partial charge >= 0.3 is 0 Å². The Balaban J connectivity index is 0.00000363. The van der Waals surface area contributed by atoms with Crippen LogP contribution in [0.5, 0.6) is 0 Å². The number of nitrogens with one attached hydrogen (secondary N) is 2. The minimum absolute atomic E-state index is 0. The lowest BCUT2D eigenvalue weighted by Gasteiger charge is -2.30. The van der Waals surface area contributed by atoms with Crippen LogP contribution in [0.1, 0.15) is 49.0 Å². The third-order valence-corrected chi connectivity index (χ3v) is 6.37. The normalized spacial score (nSPS) is 15.6. The van der Waals surface area contributed by atoms with Crippen molar-refractivity contribution in [2.45, 2.75) is 51.7 Å². The van der Waals surface area contributed by atoms with Crippen molar-refractivity contribution in [3.8, 4) is 0 Å². The van der Waals surface area contributed by atoms with Crippen LogP contribution in [0.15, 0.2) is 52.1 Å². The number of hydrogen-bond acceptors (Lipinski definition) is 4. The second-order valence-electron chi connectivity index (χ2n) is 8.75. The molecule has 32 heavy (non-hydrogen) atoms. The predicted octanol–water partition coefficient (Wildman–Crippen LogP) is 4.79. The monoisotopic (exact) mass is 554 g/mol. The summed E-state index contributed by atoms with van der Waals surface area (Å²) in [5.41, 5.74) is 2.93. The van der Waals surface area contributed by atoms with Crippen LogP contribution in [0.2, 0.25) is 0 Å². The molecule has 1 aromatic heterocycles. The lowest BCUT2D eigenvalue weighted by molar-refractivity contribution is 0.138. The molecule has 0 atom stereocenters. The van der Waals surface area contributed by atoms with Crippen molar-refractivity contribution in [3.05, 3.63) is 59.5 Å². The maximum absolute atomic E-state index is 5.48. The Morgan fingerprint density at radius 3 is 2.50 bits per heavy atom. The molecular formula is C25H39IN4O2. The molecule has 3 rings (SSSR count). The SMILES string of the molecule is CN=C(NCc1ccccc1CN(C)Cc1ccco1)NCC1(CCOC)CCCC1.I. The van der Waals surface area contributed by atoms with Gasteiger partial charge in [0, 0.05) is 40.4 Å². The van der Waals surface area contributed by atoms with Crippen molar-refractivity contribution < 1.29 is 9.15 Å². The molecule has 1 heterocycles. The van der Waals surface area contributed by atoms with Gasteiger partial charge in [-0.1, -0.05) is 37.1 Å². The number of nitrogens with zero attached hydrogens (tertiary/aromatic N) is 2. The Bertz CT molecular complexity index is 804. The van der Waals surface area contributed by atoms with Gasteiger partial charge in [-0.2, -0.15) is 0 Å². The third kappa shape index (κ3) is 8.08. The lowest BCUT2D eigenvalue weighted by Crippen LogP contribution is -2.43. The first-order valence-electron chi connectivity index (χ1n) is 11.4. The first-order valence-corrected chi connectivity index (χ1v) is 11.4. The molecule has 1 aliphatic rings. The van der Waals surface area contributed by atoms with Gasteiger partial charge in [0.05, 0.1) is 12.8 Å². The molecule has 178 valence electrons. The Hall–Kier alpha value is -1.58. The topological polar surface area (TPSA) is 62.0 Å². The summed E-state index contributed by atoms with van der Waals surface area (Å²) in [6.45, 7) is 4.18. The van der Waals surface area contributed by atoms with Crippen LogP contribution < -0.4 is 10.6 Å². The molecule has 2 N–H and O–H groups in total.